The Morgan fingerprint density at radius 2 is 1.55 bits per heavy atom. The van der Waals surface area contributed by atoms with Crippen LogP contribution in [0.3, 0.4) is 0 Å². The number of H-pyrrole nitrogens is 1. The highest BCUT2D eigenvalue weighted by Crippen LogP contribution is 2.27. The molecule has 0 fully saturated rings. The summed E-state index contributed by atoms with van der Waals surface area (Å²) >= 11 is 0. The molecule has 0 aliphatic carbocycles. The van der Waals surface area contributed by atoms with Crippen LogP contribution in [0.15, 0.2) is 61.2 Å². The van der Waals surface area contributed by atoms with E-state index in [0.717, 1.165) is 0 Å². The summed E-state index contributed by atoms with van der Waals surface area (Å²) in [5.74, 6) is 0. The minimum atomic E-state index is 1.18. The Morgan fingerprint density at radius 1 is 0.864 bits per heavy atom. The SMILES string of the molecule is C=C/C=c1\c(=C/C)c2ccccc2c2[nH]c3ccccc3c12. The Labute approximate surface area is 128 Å². The maximum absolute atomic E-state index is 3.90. The van der Waals surface area contributed by atoms with Crippen molar-refractivity contribution < 1.29 is 0 Å². The minimum Gasteiger partial charge on any atom is -0.354 e. The lowest BCUT2D eigenvalue weighted by Gasteiger charge is -2.04. The normalized spacial score (nSPS) is 13.5. The van der Waals surface area contributed by atoms with E-state index in [1.165, 1.54) is 43.0 Å². The number of allylic oxidation sites excluding steroid dienone is 1. The molecule has 106 valence electrons. The largest absolute Gasteiger partial charge is 0.354 e. The molecule has 0 aliphatic rings. The summed E-state index contributed by atoms with van der Waals surface area (Å²) in [4.78, 5) is 3.60. The van der Waals surface area contributed by atoms with Crippen molar-refractivity contribution in [2.24, 2.45) is 0 Å². The monoisotopic (exact) mass is 283 g/mol. The molecular formula is C21H17N. The van der Waals surface area contributed by atoms with Gasteiger partial charge in [0.05, 0.1) is 5.52 Å². The molecule has 1 heterocycles. The van der Waals surface area contributed by atoms with Crippen LogP contribution in [-0.4, -0.2) is 4.98 Å². The molecule has 0 atom stereocenters. The van der Waals surface area contributed by atoms with Crippen LogP contribution in [-0.2, 0) is 0 Å². The standard InChI is InChI=1S/C21H17N/c1-3-9-16-14(4-2)15-10-5-6-11-17(15)21-20(16)18-12-7-8-13-19(18)22-21/h3-13,22H,1H2,2H3/b14-4-,16-9+. The molecule has 4 aromatic rings. The van der Waals surface area contributed by atoms with Gasteiger partial charge in [0.1, 0.15) is 0 Å². The van der Waals surface area contributed by atoms with Crippen molar-refractivity contribution in [1.29, 1.82) is 0 Å². The van der Waals surface area contributed by atoms with Crippen LogP contribution >= 0.6 is 0 Å². The lowest BCUT2D eigenvalue weighted by Crippen LogP contribution is -2.25. The van der Waals surface area contributed by atoms with E-state index in [1.54, 1.807) is 0 Å². The molecule has 0 aliphatic heterocycles. The third-order valence-electron chi connectivity index (χ3n) is 4.33. The minimum absolute atomic E-state index is 1.18. The van der Waals surface area contributed by atoms with Gasteiger partial charge in [-0.15, -0.1) is 0 Å². The summed E-state index contributed by atoms with van der Waals surface area (Å²) in [6.45, 7) is 6.00. The van der Waals surface area contributed by atoms with Crippen molar-refractivity contribution >= 4 is 44.7 Å². The topological polar surface area (TPSA) is 15.8 Å². The summed E-state index contributed by atoms with van der Waals surface area (Å²) in [6, 6.07) is 17.1. The number of hydrogen-bond acceptors (Lipinski definition) is 0. The van der Waals surface area contributed by atoms with Gasteiger partial charge in [0.25, 0.3) is 0 Å². The van der Waals surface area contributed by atoms with Crippen molar-refractivity contribution in [1.82, 2.24) is 4.98 Å². The van der Waals surface area contributed by atoms with Crippen LogP contribution in [0.1, 0.15) is 6.92 Å². The third kappa shape index (κ3) is 1.66. The number of aromatic nitrogens is 1. The van der Waals surface area contributed by atoms with Gasteiger partial charge in [-0.25, -0.2) is 0 Å². The summed E-state index contributed by atoms with van der Waals surface area (Å²) in [5.41, 5.74) is 2.38. The second-order valence-corrected chi connectivity index (χ2v) is 5.48. The highest BCUT2D eigenvalue weighted by molar-refractivity contribution is 6.17. The molecule has 0 spiro atoms. The predicted octanol–water partition coefficient (Wildman–Crippen LogP) is 4.24. The molecule has 0 radical (unpaired) electrons. The van der Waals surface area contributed by atoms with Crippen molar-refractivity contribution in [2.45, 2.75) is 6.92 Å². The first-order valence-electron chi connectivity index (χ1n) is 7.55. The number of rotatable bonds is 1. The van der Waals surface area contributed by atoms with E-state index in [4.69, 9.17) is 0 Å². The molecule has 22 heavy (non-hydrogen) atoms. The molecule has 4 rings (SSSR count). The fraction of sp³-hybridized carbons (Fsp3) is 0.0476. The molecule has 0 saturated heterocycles. The van der Waals surface area contributed by atoms with Crippen LogP contribution in [0.5, 0.6) is 0 Å². The number of nitrogens with one attached hydrogen (secondary N) is 1. The first kappa shape index (κ1) is 12.9. The summed E-state index contributed by atoms with van der Waals surface area (Å²) < 4.78 is 0. The molecule has 1 N–H and O–H groups in total. The van der Waals surface area contributed by atoms with Crippen LogP contribution in [0, 0.1) is 0 Å². The van der Waals surface area contributed by atoms with Crippen molar-refractivity contribution in [2.75, 3.05) is 0 Å². The molecule has 1 nitrogen and oxygen atoms in total. The zero-order chi connectivity index (χ0) is 15.1. The van der Waals surface area contributed by atoms with Gasteiger partial charge in [0.15, 0.2) is 0 Å². The van der Waals surface area contributed by atoms with Gasteiger partial charge in [0, 0.05) is 21.7 Å². The van der Waals surface area contributed by atoms with Crippen LogP contribution in [0.2, 0.25) is 0 Å². The quantitative estimate of drug-likeness (QED) is 0.538. The van der Waals surface area contributed by atoms with Crippen LogP contribution in [0.25, 0.3) is 44.7 Å². The number of para-hydroxylation sites is 1. The molecule has 1 heteroatoms. The summed E-state index contributed by atoms with van der Waals surface area (Å²) in [5, 5.41) is 7.60. The molecule has 0 unspecified atom stereocenters. The fourth-order valence-electron chi connectivity index (χ4n) is 3.44. The van der Waals surface area contributed by atoms with Crippen molar-refractivity contribution in [3.05, 3.63) is 71.6 Å². The number of benzene rings is 3. The van der Waals surface area contributed by atoms with Gasteiger partial charge in [0.2, 0.25) is 0 Å². The first-order valence-corrected chi connectivity index (χ1v) is 7.55. The second-order valence-electron chi connectivity index (χ2n) is 5.48. The van der Waals surface area contributed by atoms with Crippen molar-refractivity contribution in [3.63, 3.8) is 0 Å². The Morgan fingerprint density at radius 3 is 2.27 bits per heavy atom. The third-order valence-corrected chi connectivity index (χ3v) is 4.33. The Balaban J connectivity index is 2.50. The fourth-order valence-corrected chi connectivity index (χ4v) is 3.44. The van der Waals surface area contributed by atoms with Gasteiger partial charge in [-0.2, -0.15) is 0 Å². The van der Waals surface area contributed by atoms with Gasteiger partial charge in [-0.05, 0) is 28.8 Å². The first-order chi connectivity index (χ1) is 10.8. The lowest BCUT2D eigenvalue weighted by atomic mass is 10.00. The van der Waals surface area contributed by atoms with E-state index in [-0.39, 0.29) is 0 Å². The van der Waals surface area contributed by atoms with Gasteiger partial charge >= 0.3 is 0 Å². The lowest BCUT2D eigenvalue weighted by molar-refractivity contribution is 1.55. The molecule has 0 saturated carbocycles. The molecule has 0 bridgehead atoms. The van der Waals surface area contributed by atoms with E-state index >= 15 is 0 Å². The molecule has 0 amide bonds. The Kier molecular flexibility index (Phi) is 2.87. The highest BCUT2D eigenvalue weighted by Gasteiger charge is 2.10. The average molecular weight is 283 g/mol. The second kappa shape index (κ2) is 4.88. The van der Waals surface area contributed by atoms with E-state index in [1.807, 2.05) is 6.08 Å². The van der Waals surface area contributed by atoms with Crippen molar-refractivity contribution in [3.8, 4) is 0 Å². The van der Waals surface area contributed by atoms with E-state index in [0.29, 0.717) is 0 Å². The zero-order valence-corrected chi connectivity index (χ0v) is 12.6. The van der Waals surface area contributed by atoms with E-state index < -0.39 is 0 Å². The number of aromatic amines is 1. The predicted molar refractivity (Wildman–Crippen MR) is 97.4 cm³/mol. The maximum Gasteiger partial charge on any atom is 0.0551 e. The van der Waals surface area contributed by atoms with E-state index in [2.05, 4.69) is 79.2 Å². The van der Waals surface area contributed by atoms with Crippen LogP contribution < -0.4 is 10.4 Å². The van der Waals surface area contributed by atoms with Gasteiger partial charge in [-0.1, -0.05) is 67.3 Å². The maximum atomic E-state index is 3.90. The number of hydrogen-bond donors (Lipinski definition) is 1. The summed E-state index contributed by atoms with van der Waals surface area (Å²) in [7, 11) is 0. The van der Waals surface area contributed by atoms with Gasteiger partial charge < -0.3 is 4.98 Å². The average Bonchev–Trinajstić information content (AvgIpc) is 2.95. The Hall–Kier alpha value is -2.80. The summed E-state index contributed by atoms with van der Waals surface area (Å²) in [6.07, 6.45) is 6.18. The zero-order valence-electron chi connectivity index (χ0n) is 12.6. The molecule has 3 aromatic carbocycles. The molecule has 1 aromatic heterocycles. The smallest absolute Gasteiger partial charge is 0.0551 e. The Bertz CT molecular complexity index is 1140. The molecular weight excluding hydrogens is 266 g/mol. The van der Waals surface area contributed by atoms with Crippen LogP contribution in [0.4, 0.5) is 0 Å². The van der Waals surface area contributed by atoms with E-state index in [9.17, 15) is 0 Å². The highest BCUT2D eigenvalue weighted by atomic mass is 14.7. The van der Waals surface area contributed by atoms with Gasteiger partial charge in [-0.3, -0.25) is 0 Å². The number of fused-ring (bicyclic) bond motifs is 5.